The second kappa shape index (κ2) is 5.31. The molecule has 6 heteroatoms. The molecule has 2 heterocycles. The summed E-state index contributed by atoms with van der Waals surface area (Å²) in [4.78, 5) is 23.9. The number of amides is 1. The Hall–Kier alpha value is -1.59. The number of hydrogen-bond donors (Lipinski definition) is 2. The van der Waals surface area contributed by atoms with Crippen molar-refractivity contribution in [1.82, 2.24) is 0 Å². The van der Waals surface area contributed by atoms with Crippen LogP contribution in [0.2, 0.25) is 5.02 Å². The van der Waals surface area contributed by atoms with Crippen molar-refractivity contribution in [3.05, 3.63) is 28.8 Å². The first-order valence-electron chi connectivity index (χ1n) is 6.92. The van der Waals surface area contributed by atoms with E-state index in [1.165, 1.54) is 0 Å². The van der Waals surface area contributed by atoms with Crippen LogP contribution < -0.4 is 5.32 Å². The highest BCUT2D eigenvalue weighted by Crippen LogP contribution is 2.44. The van der Waals surface area contributed by atoms with Crippen LogP contribution in [-0.2, 0) is 14.3 Å². The van der Waals surface area contributed by atoms with Crippen molar-refractivity contribution in [3.63, 3.8) is 0 Å². The van der Waals surface area contributed by atoms with Crippen LogP contribution in [0.1, 0.15) is 18.4 Å². The van der Waals surface area contributed by atoms with E-state index in [9.17, 15) is 14.7 Å². The Morgan fingerprint density at radius 1 is 1.29 bits per heavy atom. The van der Waals surface area contributed by atoms with Crippen LogP contribution in [0.15, 0.2) is 18.2 Å². The minimum absolute atomic E-state index is 0.296. The molecule has 2 N–H and O–H groups in total. The average Bonchev–Trinajstić information content (AvgIpc) is 3.03. The van der Waals surface area contributed by atoms with Gasteiger partial charge in [0.25, 0.3) is 0 Å². The maximum Gasteiger partial charge on any atom is 0.310 e. The van der Waals surface area contributed by atoms with Crippen molar-refractivity contribution in [2.45, 2.75) is 32.0 Å². The third-order valence-electron chi connectivity index (χ3n) is 4.32. The van der Waals surface area contributed by atoms with Crippen molar-refractivity contribution in [1.29, 1.82) is 0 Å². The molecule has 0 aromatic heterocycles. The molecule has 2 aliphatic rings. The first-order valence-corrected chi connectivity index (χ1v) is 7.30. The molecule has 2 bridgehead atoms. The number of rotatable bonds is 3. The Balaban J connectivity index is 1.81. The zero-order valence-electron chi connectivity index (χ0n) is 11.5. The van der Waals surface area contributed by atoms with E-state index in [0.29, 0.717) is 17.1 Å². The van der Waals surface area contributed by atoms with Gasteiger partial charge in [0.05, 0.1) is 24.0 Å². The summed E-state index contributed by atoms with van der Waals surface area (Å²) in [6.07, 6.45) is 0.808. The van der Waals surface area contributed by atoms with Crippen molar-refractivity contribution < 1.29 is 19.4 Å². The lowest BCUT2D eigenvalue weighted by Crippen LogP contribution is -2.41. The molecule has 4 atom stereocenters. The molecule has 5 nitrogen and oxygen atoms in total. The average molecular weight is 310 g/mol. The maximum absolute atomic E-state index is 12.5. The Morgan fingerprint density at radius 2 is 1.95 bits per heavy atom. The highest BCUT2D eigenvalue weighted by atomic mass is 35.5. The third-order valence-corrected chi connectivity index (χ3v) is 4.55. The number of nitrogens with one attached hydrogen (secondary N) is 1. The number of benzene rings is 1. The lowest BCUT2D eigenvalue weighted by molar-refractivity contribution is -0.147. The monoisotopic (exact) mass is 309 g/mol. The fraction of sp³-hybridized carbons (Fsp3) is 0.467. The summed E-state index contributed by atoms with van der Waals surface area (Å²) >= 11 is 5.93. The lowest BCUT2D eigenvalue weighted by atomic mass is 9.78. The number of aliphatic carboxylic acids is 1. The predicted octanol–water partition coefficient (Wildman–Crippen LogP) is 2.47. The van der Waals surface area contributed by atoms with Gasteiger partial charge in [0.2, 0.25) is 5.91 Å². The van der Waals surface area contributed by atoms with E-state index in [4.69, 9.17) is 16.3 Å². The molecule has 0 saturated carbocycles. The maximum atomic E-state index is 12.5. The molecule has 2 aliphatic heterocycles. The lowest BCUT2D eigenvalue weighted by Gasteiger charge is -2.24. The number of aryl methyl sites for hydroxylation is 1. The molecule has 0 unspecified atom stereocenters. The minimum atomic E-state index is -0.967. The van der Waals surface area contributed by atoms with Crippen LogP contribution in [-0.4, -0.2) is 29.2 Å². The Bertz CT molecular complexity index is 603. The largest absolute Gasteiger partial charge is 0.481 e. The summed E-state index contributed by atoms with van der Waals surface area (Å²) in [6.45, 7) is 1.86. The molecule has 2 saturated heterocycles. The van der Waals surface area contributed by atoms with Gasteiger partial charge < -0.3 is 15.2 Å². The molecule has 3 rings (SSSR count). The van der Waals surface area contributed by atoms with Gasteiger partial charge in [0, 0.05) is 10.7 Å². The molecule has 1 amide bonds. The molecule has 112 valence electrons. The summed E-state index contributed by atoms with van der Waals surface area (Å²) in [5.74, 6) is -2.67. The third kappa shape index (κ3) is 2.51. The topological polar surface area (TPSA) is 75.6 Å². The molecule has 1 aromatic carbocycles. The zero-order valence-corrected chi connectivity index (χ0v) is 12.3. The van der Waals surface area contributed by atoms with E-state index in [1.807, 2.05) is 13.0 Å². The van der Waals surface area contributed by atoms with Gasteiger partial charge in [-0.3, -0.25) is 9.59 Å². The van der Waals surface area contributed by atoms with Gasteiger partial charge in [0.1, 0.15) is 0 Å². The van der Waals surface area contributed by atoms with Gasteiger partial charge in [-0.2, -0.15) is 0 Å². The van der Waals surface area contributed by atoms with Crippen molar-refractivity contribution in [2.24, 2.45) is 11.8 Å². The van der Waals surface area contributed by atoms with Crippen molar-refractivity contribution in [2.75, 3.05) is 5.32 Å². The van der Waals surface area contributed by atoms with Gasteiger partial charge >= 0.3 is 5.97 Å². The molecular weight excluding hydrogens is 294 g/mol. The van der Waals surface area contributed by atoms with Crippen LogP contribution in [0.3, 0.4) is 0 Å². The van der Waals surface area contributed by atoms with Crippen LogP contribution in [0.4, 0.5) is 5.69 Å². The van der Waals surface area contributed by atoms with E-state index in [0.717, 1.165) is 12.0 Å². The molecule has 2 fully saturated rings. The molecule has 1 aromatic rings. The quantitative estimate of drug-likeness (QED) is 0.899. The summed E-state index contributed by atoms with van der Waals surface area (Å²) in [7, 11) is 0. The number of carbonyl (C=O) groups is 2. The molecule has 0 aliphatic carbocycles. The van der Waals surface area contributed by atoms with Crippen LogP contribution in [0.25, 0.3) is 0 Å². The van der Waals surface area contributed by atoms with Crippen molar-refractivity contribution >= 4 is 29.2 Å². The molecule has 21 heavy (non-hydrogen) atoms. The van der Waals surface area contributed by atoms with Crippen molar-refractivity contribution in [3.8, 4) is 0 Å². The summed E-state index contributed by atoms with van der Waals surface area (Å²) in [5.41, 5.74) is 1.49. The number of carboxylic acids is 1. The molecular formula is C15H16ClNO4. The number of halogens is 1. The van der Waals surface area contributed by atoms with Crippen LogP contribution in [0.5, 0.6) is 0 Å². The highest BCUT2D eigenvalue weighted by molar-refractivity contribution is 6.31. The first-order chi connectivity index (χ1) is 9.97. The first kappa shape index (κ1) is 14.4. The number of fused-ring (bicyclic) bond motifs is 2. The number of carboxylic acid groups (broad SMARTS) is 1. The number of ether oxygens (including phenoxy) is 1. The van der Waals surface area contributed by atoms with E-state index in [2.05, 4.69) is 5.32 Å². The Kier molecular flexibility index (Phi) is 3.63. The summed E-state index contributed by atoms with van der Waals surface area (Å²) in [5, 5.41) is 12.7. The fourth-order valence-electron chi connectivity index (χ4n) is 3.27. The van der Waals surface area contributed by atoms with Gasteiger partial charge in [-0.05, 0) is 37.5 Å². The normalized spacial score (nSPS) is 30.4. The Labute approximate surface area is 127 Å². The SMILES string of the molecule is Cc1ccc(Cl)cc1NC(=O)[C@H]1[C@@H](C(=O)O)[C@H]2CC[C@H]1O2. The number of hydrogen-bond acceptors (Lipinski definition) is 3. The van der Waals surface area contributed by atoms with Gasteiger partial charge in [0.15, 0.2) is 0 Å². The Morgan fingerprint density at radius 3 is 2.62 bits per heavy atom. The van der Waals surface area contributed by atoms with Gasteiger partial charge in [-0.25, -0.2) is 0 Å². The van der Waals surface area contributed by atoms with E-state index in [1.54, 1.807) is 12.1 Å². The number of anilines is 1. The zero-order chi connectivity index (χ0) is 15.1. The second-order valence-corrected chi connectivity index (χ2v) is 6.07. The van der Waals surface area contributed by atoms with Gasteiger partial charge in [-0.15, -0.1) is 0 Å². The summed E-state index contributed by atoms with van der Waals surface area (Å²) < 4.78 is 5.60. The molecule has 0 spiro atoms. The fourth-order valence-corrected chi connectivity index (χ4v) is 3.44. The van der Waals surface area contributed by atoms with E-state index >= 15 is 0 Å². The highest BCUT2D eigenvalue weighted by Gasteiger charge is 2.55. The predicted molar refractivity (Wildman–Crippen MR) is 77.3 cm³/mol. The summed E-state index contributed by atoms with van der Waals surface area (Å²) in [6, 6.07) is 5.22. The van der Waals surface area contributed by atoms with E-state index in [-0.39, 0.29) is 18.1 Å². The second-order valence-electron chi connectivity index (χ2n) is 5.63. The molecule has 0 radical (unpaired) electrons. The standard InChI is InChI=1S/C15H16ClNO4/c1-7-2-3-8(16)6-9(7)17-14(18)12-10-4-5-11(21-10)13(12)15(19)20/h2-3,6,10-13H,4-5H2,1H3,(H,17,18)(H,19,20)/t10-,11-,12-,13+/m1/s1. The van der Waals surface area contributed by atoms with Crippen LogP contribution in [0, 0.1) is 18.8 Å². The van der Waals surface area contributed by atoms with Gasteiger partial charge in [-0.1, -0.05) is 17.7 Å². The number of carbonyl (C=O) groups excluding carboxylic acids is 1. The van der Waals surface area contributed by atoms with E-state index < -0.39 is 17.8 Å². The smallest absolute Gasteiger partial charge is 0.310 e. The minimum Gasteiger partial charge on any atom is -0.481 e. The van der Waals surface area contributed by atoms with Crippen LogP contribution >= 0.6 is 11.6 Å².